The number of halogens is 2. The van der Waals surface area contributed by atoms with Crippen LogP contribution in [-0.2, 0) is 16.0 Å². The fourth-order valence-electron chi connectivity index (χ4n) is 1.37. The van der Waals surface area contributed by atoms with Crippen molar-refractivity contribution < 1.29 is 18.3 Å². The van der Waals surface area contributed by atoms with E-state index in [1.165, 1.54) is 6.07 Å². The molecule has 0 fully saturated rings. The maximum absolute atomic E-state index is 13.3. The van der Waals surface area contributed by atoms with Crippen molar-refractivity contribution in [3.63, 3.8) is 0 Å². The lowest BCUT2D eigenvalue weighted by atomic mass is 10.1. The predicted molar refractivity (Wildman–Crippen MR) is 73.2 cm³/mol. The zero-order valence-corrected chi connectivity index (χ0v) is 12.2. The Morgan fingerprint density at radius 2 is 2.00 bits per heavy atom. The van der Waals surface area contributed by atoms with Crippen molar-refractivity contribution in [2.24, 2.45) is 0 Å². The highest BCUT2D eigenvalue weighted by atomic mass is 32.2. The first kappa shape index (κ1) is 16.0. The Kier molecular flexibility index (Phi) is 5.79. The Morgan fingerprint density at radius 3 is 2.58 bits per heavy atom. The average Bonchev–Trinajstić information content (AvgIpc) is 2.27. The minimum atomic E-state index is -0.721. The van der Waals surface area contributed by atoms with E-state index in [0.717, 1.165) is 12.1 Å². The second kappa shape index (κ2) is 6.89. The fourth-order valence-corrected chi connectivity index (χ4v) is 2.15. The van der Waals surface area contributed by atoms with Crippen molar-refractivity contribution in [1.82, 2.24) is 0 Å². The summed E-state index contributed by atoms with van der Waals surface area (Å²) < 4.78 is 31.1. The van der Waals surface area contributed by atoms with E-state index in [9.17, 15) is 13.6 Å². The molecule has 0 unspecified atom stereocenters. The smallest absolute Gasteiger partial charge is 0.310 e. The Bertz CT molecular complexity index is 442. The molecule has 106 valence electrons. The van der Waals surface area contributed by atoms with E-state index in [1.54, 1.807) is 11.8 Å². The molecule has 1 aromatic rings. The van der Waals surface area contributed by atoms with Crippen LogP contribution in [0.15, 0.2) is 18.2 Å². The van der Waals surface area contributed by atoms with E-state index in [-0.39, 0.29) is 16.7 Å². The van der Waals surface area contributed by atoms with Gasteiger partial charge < -0.3 is 4.74 Å². The number of thioether (sulfide) groups is 1. The molecular formula is C14H18F2O2S. The Labute approximate surface area is 116 Å². The Hall–Kier alpha value is -1.10. The second-order valence-electron chi connectivity index (χ2n) is 5.09. The van der Waals surface area contributed by atoms with Crippen LogP contribution in [0.3, 0.4) is 0 Å². The van der Waals surface area contributed by atoms with Gasteiger partial charge in [0.25, 0.3) is 0 Å². The first-order valence-corrected chi connectivity index (χ1v) is 7.00. The minimum Gasteiger partial charge on any atom is -0.465 e. The monoisotopic (exact) mass is 288 g/mol. The van der Waals surface area contributed by atoms with Crippen LogP contribution in [0, 0.1) is 11.6 Å². The summed E-state index contributed by atoms with van der Waals surface area (Å²) in [5.41, 5.74) is 0.148. The van der Waals surface area contributed by atoms with Gasteiger partial charge in [-0.1, -0.05) is 26.8 Å². The Balaban J connectivity index is 2.35. The molecule has 0 aliphatic rings. The molecule has 5 heteroatoms. The lowest BCUT2D eigenvalue weighted by molar-refractivity contribution is -0.142. The van der Waals surface area contributed by atoms with Crippen LogP contribution in [0.25, 0.3) is 0 Å². The zero-order chi connectivity index (χ0) is 14.5. The molecule has 2 nitrogen and oxygen atoms in total. The summed E-state index contributed by atoms with van der Waals surface area (Å²) in [6, 6.07) is 3.15. The van der Waals surface area contributed by atoms with Crippen LogP contribution in [0.2, 0.25) is 0 Å². The van der Waals surface area contributed by atoms with E-state index in [1.807, 2.05) is 0 Å². The van der Waals surface area contributed by atoms with Gasteiger partial charge in [-0.15, -0.1) is 0 Å². The molecule has 0 heterocycles. The molecule has 0 aliphatic carbocycles. The minimum absolute atomic E-state index is 0.121. The summed E-state index contributed by atoms with van der Waals surface area (Å²) in [6.07, 6.45) is -0.174. The lowest BCUT2D eigenvalue weighted by Gasteiger charge is -2.17. The number of carbonyl (C=O) groups is 1. The van der Waals surface area contributed by atoms with Crippen LogP contribution in [0.1, 0.15) is 26.3 Å². The van der Waals surface area contributed by atoms with Crippen molar-refractivity contribution in [3.8, 4) is 0 Å². The van der Waals surface area contributed by atoms with Gasteiger partial charge in [0.1, 0.15) is 18.2 Å². The number of esters is 1. The van der Waals surface area contributed by atoms with Gasteiger partial charge in [-0.05, 0) is 11.6 Å². The highest BCUT2D eigenvalue weighted by Crippen LogP contribution is 2.22. The molecule has 0 bridgehead atoms. The van der Waals surface area contributed by atoms with E-state index in [0.29, 0.717) is 12.4 Å². The summed E-state index contributed by atoms with van der Waals surface area (Å²) in [6.45, 7) is 6.53. The SMILES string of the molecule is CC(C)(C)SCCOC(=O)Cc1ccc(F)cc1F. The van der Waals surface area contributed by atoms with Crippen molar-refractivity contribution in [3.05, 3.63) is 35.4 Å². The first-order valence-electron chi connectivity index (χ1n) is 6.01. The molecule has 0 N–H and O–H groups in total. The first-order chi connectivity index (χ1) is 8.78. The molecule has 1 rings (SSSR count). The summed E-state index contributed by atoms with van der Waals surface area (Å²) in [5.74, 6) is -1.18. The normalized spacial score (nSPS) is 11.4. The maximum Gasteiger partial charge on any atom is 0.310 e. The maximum atomic E-state index is 13.3. The molecular weight excluding hydrogens is 270 g/mol. The molecule has 0 spiro atoms. The number of rotatable bonds is 5. The van der Waals surface area contributed by atoms with Crippen molar-refractivity contribution >= 4 is 17.7 Å². The molecule has 19 heavy (non-hydrogen) atoms. The predicted octanol–water partition coefficient (Wildman–Crippen LogP) is 3.58. The Morgan fingerprint density at radius 1 is 1.32 bits per heavy atom. The fraction of sp³-hybridized carbons (Fsp3) is 0.500. The zero-order valence-electron chi connectivity index (χ0n) is 11.3. The van der Waals surface area contributed by atoms with Gasteiger partial charge in [-0.3, -0.25) is 4.79 Å². The molecule has 0 aromatic heterocycles. The van der Waals surface area contributed by atoms with Crippen LogP contribution < -0.4 is 0 Å². The quantitative estimate of drug-likeness (QED) is 0.612. The number of carbonyl (C=O) groups excluding carboxylic acids is 1. The third-order valence-electron chi connectivity index (χ3n) is 2.23. The van der Waals surface area contributed by atoms with E-state index < -0.39 is 17.6 Å². The van der Waals surface area contributed by atoms with Crippen LogP contribution in [0.5, 0.6) is 0 Å². The highest BCUT2D eigenvalue weighted by molar-refractivity contribution is 8.00. The third kappa shape index (κ3) is 6.57. The largest absolute Gasteiger partial charge is 0.465 e. The highest BCUT2D eigenvalue weighted by Gasteiger charge is 2.12. The standard InChI is InChI=1S/C14H18F2O2S/c1-14(2,3)19-7-6-18-13(17)8-10-4-5-11(15)9-12(10)16/h4-5,9H,6-8H2,1-3H3. The van der Waals surface area contributed by atoms with Gasteiger partial charge in [-0.2, -0.15) is 11.8 Å². The van der Waals surface area contributed by atoms with Crippen LogP contribution in [0.4, 0.5) is 8.78 Å². The van der Waals surface area contributed by atoms with Crippen LogP contribution in [-0.4, -0.2) is 23.1 Å². The van der Waals surface area contributed by atoms with E-state index >= 15 is 0 Å². The molecule has 0 aliphatic heterocycles. The molecule has 0 saturated heterocycles. The van der Waals surface area contributed by atoms with E-state index in [2.05, 4.69) is 20.8 Å². The molecule has 0 saturated carbocycles. The molecule has 0 atom stereocenters. The van der Waals surface area contributed by atoms with Crippen molar-refractivity contribution in [2.75, 3.05) is 12.4 Å². The van der Waals surface area contributed by atoms with Gasteiger partial charge in [0.05, 0.1) is 6.42 Å². The third-order valence-corrected chi connectivity index (χ3v) is 3.47. The molecule has 1 aromatic carbocycles. The van der Waals surface area contributed by atoms with Gasteiger partial charge in [0.2, 0.25) is 0 Å². The van der Waals surface area contributed by atoms with Gasteiger partial charge >= 0.3 is 5.97 Å². The number of hydrogen-bond acceptors (Lipinski definition) is 3. The summed E-state index contributed by atoms with van der Waals surface area (Å²) in [7, 11) is 0. The molecule has 0 radical (unpaired) electrons. The number of benzene rings is 1. The average molecular weight is 288 g/mol. The summed E-state index contributed by atoms with van der Waals surface area (Å²) in [5, 5.41) is 0. The van der Waals surface area contributed by atoms with Crippen LogP contribution >= 0.6 is 11.8 Å². The lowest BCUT2D eigenvalue weighted by Crippen LogP contribution is -2.14. The number of hydrogen-bond donors (Lipinski definition) is 0. The van der Waals surface area contributed by atoms with Crippen molar-refractivity contribution in [2.45, 2.75) is 31.9 Å². The summed E-state index contributed by atoms with van der Waals surface area (Å²) >= 11 is 1.69. The van der Waals surface area contributed by atoms with Gasteiger partial charge in [0.15, 0.2) is 0 Å². The van der Waals surface area contributed by atoms with E-state index in [4.69, 9.17) is 4.74 Å². The second-order valence-corrected chi connectivity index (χ2v) is 7.02. The van der Waals surface area contributed by atoms with Crippen molar-refractivity contribution in [1.29, 1.82) is 0 Å². The number of ether oxygens (including phenoxy) is 1. The summed E-state index contributed by atoms with van der Waals surface area (Å²) in [4.78, 5) is 11.5. The van der Waals surface area contributed by atoms with Gasteiger partial charge in [-0.25, -0.2) is 8.78 Å². The topological polar surface area (TPSA) is 26.3 Å². The molecule has 0 amide bonds. The van der Waals surface area contributed by atoms with Gasteiger partial charge in [0, 0.05) is 16.6 Å².